The molecule has 1 aliphatic rings. The molecule has 0 saturated heterocycles. The number of rotatable bonds is 1. The summed E-state index contributed by atoms with van der Waals surface area (Å²) in [7, 11) is 0. The molecule has 1 N–H and O–H groups in total. The molecule has 3 heteroatoms. The van der Waals surface area contributed by atoms with Crippen LogP contribution in [0.2, 0.25) is 5.02 Å². The zero-order valence-corrected chi connectivity index (χ0v) is 9.41. The van der Waals surface area contributed by atoms with Crippen LogP contribution in [0.5, 0.6) is 0 Å². The largest absolute Gasteiger partial charge is 0.346 e. The van der Waals surface area contributed by atoms with Gasteiger partial charge in [0.2, 0.25) is 0 Å². The monoisotopic (exact) mass is 230 g/mol. The molecule has 0 radical (unpaired) electrons. The highest BCUT2D eigenvalue weighted by Gasteiger charge is 2.11. The predicted molar refractivity (Wildman–Crippen MR) is 65.1 cm³/mol. The molecule has 2 aromatic rings. The molecule has 1 aromatic carbocycles. The number of nitrogens with zero attached hydrogens (tertiary/aromatic N) is 1. The molecule has 1 aromatic heterocycles. The lowest BCUT2D eigenvalue weighted by Crippen LogP contribution is -2.28. The molecule has 0 saturated carbocycles. The highest BCUT2D eigenvalue weighted by Crippen LogP contribution is 2.20. The molecule has 0 fully saturated rings. The van der Waals surface area contributed by atoms with Crippen molar-refractivity contribution < 1.29 is 0 Å². The van der Waals surface area contributed by atoms with E-state index in [-0.39, 0.29) is 0 Å². The number of hydrogen-bond donors (Lipinski definition) is 1. The van der Waals surface area contributed by atoms with E-state index >= 15 is 0 Å². The first-order chi connectivity index (χ1) is 7.83. The Morgan fingerprint density at radius 2 is 2.00 bits per heavy atom. The Balaban J connectivity index is 2.02. The van der Waals surface area contributed by atoms with E-state index in [0.29, 0.717) is 5.92 Å². The molecule has 1 atom stereocenters. The Labute approximate surface area is 98.3 Å². The Kier molecular flexibility index (Phi) is 2.29. The molecule has 2 nitrogen and oxygen atoms in total. The van der Waals surface area contributed by atoms with E-state index in [1.807, 2.05) is 18.3 Å². The van der Waals surface area contributed by atoms with E-state index in [0.717, 1.165) is 17.1 Å². The molecule has 1 unspecified atom stereocenters. The number of hydrogen-bond acceptors (Lipinski definition) is 1. The summed E-state index contributed by atoms with van der Waals surface area (Å²) in [4.78, 5) is 7.63. The van der Waals surface area contributed by atoms with E-state index in [1.54, 1.807) is 0 Å². The minimum Gasteiger partial charge on any atom is -0.346 e. The lowest BCUT2D eigenvalue weighted by Gasteiger charge is -2.12. The van der Waals surface area contributed by atoms with Crippen molar-refractivity contribution in [1.82, 2.24) is 4.98 Å². The van der Waals surface area contributed by atoms with Gasteiger partial charge in [-0.2, -0.15) is 0 Å². The van der Waals surface area contributed by atoms with Gasteiger partial charge in [0.05, 0.1) is 6.54 Å². The molecule has 0 spiro atoms. The maximum absolute atomic E-state index is 5.88. The summed E-state index contributed by atoms with van der Waals surface area (Å²) in [5.74, 6) is 0.362. The lowest BCUT2D eigenvalue weighted by atomic mass is 9.97. The van der Waals surface area contributed by atoms with Crippen LogP contribution in [0.15, 0.2) is 41.5 Å². The van der Waals surface area contributed by atoms with Gasteiger partial charge in [-0.05, 0) is 23.8 Å². The maximum Gasteiger partial charge on any atom is 0.132 e. The second-order valence-corrected chi connectivity index (χ2v) is 4.38. The SMILES string of the molecule is Clc1ccc(C2C=c3cc[nH]c3=NC2)cc1. The van der Waals surface area contributed by atoms with Gasteiger partial charge < -0.3 is 4.98 Å². The van der Waals surface area contributed by atoms with Gasteiger partial charge in [0.15, 0.2) is 0 Å². The van der Waals surface area contributed by atoms with Crippen LogP contribution in [0.1, 0.15) is 11.5 Å². The number of H-pyrrole nitrogens is 1. The van der Waals surface area contributed by atoms with Crippen LogP contribution in [-0.4, -0.2) is 11.5 Å². The number of halogens is 1. The van der Waals surface area contributed by atoms with Gasteiger partial charge in [0, 0.05) is 22.4 Å². The molecular weight excluding hydrogens is 220 g/mol. The van der Waals surface area contributed by atoms with E-state index in [9.17, 15) is 0 Å². The second-order valence-electron chi connectivity index (χ2n) is 3.95. The molecule has 0 aliphatic carbocycles. The van der Waals surface area contributed by atoms with Crippen LogP contribution in [0.25, 0.3) is 6.08 Å². The van der Waals surface area contributed by atoms with Crippen LogP contribution in [0, 0.1) is 0 Å². The second kappa shape index (κ2) is 3.80. The summed E-state index contributed by atoms with van der Waals surface area (Å²) in [6.45, 7) is 0.801. The molecule has 16 heavy (non-hydrogen) atoms. The van der Waals surface area contributed by atoms with Crippen LogP contribution < -0.4 is 10.7 Å². The fourth-order valence-corrected chi connectivity index (χ4v) is 2.14. The van der Waals surface area contributed by atoms with Gasteiger partial charge in [-0.25, -0.2) is 0 Å². The summed E-state index contributed by atoms with van der Waals surface area (Å²) in [5, 5.41) is 1.96. The quantitative estimate of drug-likeness (QED) is 0.775. The Hall–Kier alpha value is -1.54. The van der Waals surface area contributed by atoms with Crippen molar-refractivity contribution in [1.29, 1.82) is 0 Å². The van der Waals surface area contributed by atoms with Crippen molar-refractivity contribution in [3.05, 3.63) is 57.8 Å². The smallest absolute Gasteiger partial charge is 0.132 e. The Bertz CT molecular complexity index is 610. The fourth-order valence-electron chi connectivity index (χ4n) is 2.01. The minimum atomic E-state index is 0.362. The molecule has 1 aliphatic heterocycles. The van der Waals surface area contributed by atoms with Crippen LogP contribution in [0.4, 0.5) is 0 Å². The van der Waals surface area contributed by atoms with Gasteiger partial charge in [-0.15, -0.1) is 0 Å². The Morgan fingerprint density at radius 3 is 2.81 bits per heavy atom. The molecular formula is C13H11ClN2. The summed E-state index contributed by atoms with van der Waals surface area (Å²) in [6.07, 6.45) is 4.18. The van der Waals surface area contributed by atoms with Crippen LogP contribution in [-0.2, 0) is 0 Å². The van der Waals surface area contributed by atoms with Gasteiger partial charge in [-0.1, -0.05) is 29.8 Å². The number of nitrogens with one attached hydrogen (secondary N) is 1. The fraction of sp³-hybridized carbons (Fsp3) is 0.154. The minimum absolute atomic E-state index is 0.362. The Morgan fingerprint density at radius 1 is 1.19 bits per heavy atom. The first-order valence-electron chi connectivity index (χ1n) is 5.28. The highest BCUT2D eigenvalue weighted by atomic mass is 35.5. The van der Waals surface area contributed by atoms with Crippen molar-refractivity contribution in [2.45, 2.75) is 5.92 Å². The predicted octanol–water partition coefficient (Wildman–Crippen LogP) is 1.87. The summed E-state index contributed by atoms with van der Waals surface area (Å²) < 4.78 is 0. The molecule has 3 rings (SSSR count). The number of fused-ring (bicyclic) bond motifs is 1. The van der Waals surface area contributed by atoms with Crippen molar-refractivity contribution in [3.8, 4) is 0 Å². The van der Waals surface area contributed by atoms with Crippen molar-refractivity contribution in [2.75, 3.05) is 6.54 Å². The van der Waals surface area contributed by atoms with E-state index < -0.39 is 0 Å². The third-order valence-corrected chi connectivity index (χ3v) is 3.13. The van der Waals surface area contributed by atoms with Gasteiger partial charge in [0.25, 0.3) is 0 Å². The van der Waals surface area contributed by atoms with Gasteiger partial charge in [-0.3, -0.25) is 4.99 Å². The average molecular weight is 231 g/mol. The normalized spacial score (nSPS) is 18.4. The lowest BCUT2D eigenvalue weighted by molar-refractivity contribution is 0.829. The highest BCUT2D eigenvalue weighted by molar-refractivity contribution is 6.30. The zero-order chi connectivity index (χ0) is 11.0. The van der Waals surface area contributed by atoms with Crippen molar-refractivity contribution in [2.24, 2.45) is 4.99 Å². The maximum atomic E-state index is 5.88. The van der Waals surface area contributed by atoms with Crippen molar-refractivity contribution >= 4 is 17.7 Å². The van der Waals surface area contributed by atoms with E-state index in [1.165, 1.54) is 10.8 Å². The topological polar surface area (TPSA) is 28.1 Å². The number of aromatic nitrogens is 1. The first-order valence-corrected chi connectivity index (χ1v) is 5.66. The van der Waals surface area contributed by atoms with Crippen LogP contribution in [0.3, 0.4) is 0 Å². The van der Waals surface area contributed by atoms with Crippen LogP contribution >= 0.6 is 11.6 Å². The molecule has 0 amide bonds. The third kappa shape index (κ3) is 1.65. The van der Waals surface area contributed by atoms with Gasteiger partial charge in [0.1, 0.15) is 5.49 Å². The zero-order valence-electron chi connectivity index (χ0n) is 8.65. The average Bonchev–Trinajstić information content (AvgIpc) is 2.77. The summed E-state index contributed by atoms with van der Waals surface area (Å²) >= 11 is 5.88. The summed E-state index contributed by atoms with van der Waals surface area (Å²) in [5.41, 5.74) is 2.25. The third-order valence-electron chi connectivity index (χ3n) is 2.88. The van der Waals surface area contributed by atoms with E-state index in [4.69, 9.17) is 11.6 Å². The number of benzene rings is 1. The molecule has 2 heterocycles. The standard InChI is InChI=1S/C13H11ClN2/c14-12-3-1-9(2-4-12)11-7-10-5-6-15-13(10)16-8-11/h1-7,11H,8H2,(H,15,16). The first kappa shape index (κ1) is 9.67. The molecule has 80 valence electrons. The van der Waals surface area contributed by atoms with E-state index in [2.05, 4.69) is 34.3 Å². The van der Waals surface area contributed by atoms with Crippen molar-refractivity contribution in [3.63, 3.8) is 0 Å². The van der Waals surface area contributed by atoms with Gasteiger partial charge >= 0.3 is 0 Å². The molecule has 0 bridgehead atoms. The summed E-state index contributed by atoms with van der Waals surface area (Å²) in [6, 6.07) is 10.0. The number of aromatic amines is 1.